The van der Waals surface area contributed by atoms with Gasteiger partial charge in [0.1, 0.15) is 23.5 Å². The van der Waals surface area contributed by atoms with Gasteiger partial charge in [0.15, 0.2) is 5.82 Å². The first-order chi connectivity index (χ1) is 23.3. The maximum absolute atomic E-state index is 12.9. The lowest BCUT2D eigenvalue weighted by Gasteiger charge is -2.43. The fraction of sp³-hybridized carbons (Fsp3) is 0.486. The van der Waals surface area contributed by atoms with Gasteiger partial charge in [-0.25, -0.2) is 9.78 Å². The number of rotatable bonds is 9. The molecule has 2 N–H and O–H groups in total. The third-order valence-corrected chi connectivity index (χ3v) is 10.5. The summed E-state index contributed by atoms with van der Waals surface area (Å²) in [5.74, 6) is 1.23. The van der Waals surface area contributed by atoms with E-state index in [1.54, 1.807) is 25.3 Å². The molecule has 0 spiro atoms. The molecule has 1 amide bonds. The normalized spacial score (nSPS) is 16.2. The summed E-state index contributed by atoms with van der Waals surface area (Å²) < 4.78 is 24.3. The number of hydrogen-bond donors (Lipinski definition) is 2. The predicted octanol–water partition coefficient (Wildman–Crippen LogP) is 6.46. The number of benzene rings is 2. The van der Waals surface area contributed by atoms with E-state index in [1.165, 1.54) is 6.20 Å². The molecule has 0 bridgehead atoms. The van der Waals surface area contributed by atoms with Gasteiger partial charge in [-0.3, -0.25) is 4.90 Å². The van der Waals surface area contributed by atoms with Crippen molar-refractivity contribution in [3.8, 4) is 11.8 Å². The number of ether oxygens (including phenoxy) is 2. The number of aromatic nitrogens is 2. The van der Waals surface area contributed by atoms with E-state index < -0.39 is 12.7 Å². The molecule has 0 aliphatic carbocycles. The van der Waals surface area contributed by atoms with E-state index in [1.807, 2.05) is 57.2 Å². The summed E-state index contributed by atoms with van der Waals surface area (Å²) >= 11 is 6.47. The molecule has 2 aromatic carbocycles. The van der Waals surface area contributed by atoms with Crippen molar-refractivity contribution in [2.45, 2.75) is 51.7 Å². The molecule has 3 aromatic rings. The minimum atomic E-state index is -2.57. The zero-order chi connectivity index (χ0) is 35.3. The Morgan fingerprint density at radius 2 is 1.76 bits per heavy atom. The van der Waals surface area contributed by atoms with Crippen LogP contribution in [-0.4, -0.2) is 97.2 Å². The molecule has 49 heavy (non-hydrogen) atoms. The van der Waals surface area contributed by atoms with Crippen molar-refractivity contribution in [3.05, 3.63) is 53.2 Å². The molecule has 3 heterocycles. The van der Waals surface area contributed by atoms with E-state index in [-0.39, 0.29) is 18.5 Å². The van der Waals surface area contributed by atoms with Crippen molar-refractivity contribution >= 4 is 59.0 Å². The number of anilines is 5. The summed E-state index contributed by atoms with van der Waals surface area (Å²) in [7, 11) is -0.959. The van der Waals surface area contributed by atoms with Crippen LogP contribution in [0.3, 0.4) is 0 Å². The zero-order valence-corrected chi connectivity index (χ0v) is 30.8. The molecule has 0 radical (unpaired) electrons. The molecule has 262 valence electrons. The predicted molar refractivity (Wildman–Crippen MR) is 196 cm³/mol. The van der Waals surface area contributed by atoms with Crippen molar-refractivity contribution < 1.29 is 18.8 Å². The Balaban J connectivity index is 1.27. The van der Waals surface area contributed by atoms with Crippen LogP contribution in [0.2, 0.25) is 5.02 Å². The van der Waals surface area contributed by atoms with Crippen molar-refractivity contribution in [3.63, 3.8) is 0 Å². The Morgan fingerprint density at radius 1 is 1.06 bits per heavy atom. The Hall–Kier alpha value is -4.04. The van der Waals surface area contributed by atoms with Gasteiger partial charge < -0.3 is 34.5 Å². The van der Waals surface area contributed by atoms with Crippen molar-refractivity contribution in [2.24, 2.45) is 0 Å². The van der Waals surface area contributed by atoms with Crippen molar-refractivity contribution in [1.82, 2.24) is 19.8 Å². The van der Waals surface area contributed by atoms with Gasteiger partial charge in [0.05, 0.1) is 37.2 Å². The molecule has 5 rings (SSSR count). The van der Waals surface area contributed by atoms with Crippen LogP contribution in [-0.2, 0) is 15.7 Å². The molecule has 2 aliphatic rings. The quantitative estimate of drug-likeness (QED) is 0.237. The highest BCUT2D eigenvalue weighted by Gasteiger charge is 2.31. The number of halogens is 1. The number of nitrogens with one attached hydrogen (secondary N) is 2. The largest absolute Gasteiger partial charge is 0.494 e. The smallest absolute Gasteiger partial charge is 0.410 e. The number of carbonyl (C=O) groups excluding carboxylic acids is 1. The van der Waals surface area contributed by atoms with Crippen LogP contribution in [0.25, 0.3) is 0 Å². The van der Waals surface area contributed by atoms with E-state index in [4.69, 9.17) is 21.1 Å². The van der Waals surface area contributed by atoms with E-state index in [0.29, 0.717) is 52.4 Å². The summed E-state index contributed by atoms with van der Waals surface area (Å²) in [5, 5.41) is 17.2. The van der Waals surface area contributed by atoms with Crippen LogP contribution in [0.1, 0.15) is 39.2 Å². The van der Waals surface area contributed by atoms with E-state index in [9.17, 15) is 14.6 Å². The van der Waals surface area contributed by atoms with Crippen molar-refractivity contribution in [2.75, 3.05) is 75.2 Å². The van der Waals surface area contributed by atoms with Gasteiger partial charge in [-0.15, -0.1) is 0 Å². The Labute approximate surface area is 294 Å². The van der Waals surface area contributed by atoms with Crippen LogP contribution in [0.5, 0.6) is 5.75 Å². The summed E-state index contributed by atoms with van der Waals surface area (Å²) in [6.07, 6.45) is 3.43. The fourth-order valence-corrected chi connectivity index (χ4v) is 7.58. The highest BCUT2D eigenvalue weighted by Crippen LogP contribution is 2.40. The minimum Gasteiger partial charge on any atom is -0.494 e. The molecule has 1 aromatic heterocycles. The second-order valence-electron chi connectivity index (χ2n) is 13.7. The Bertz CT molecular complexity index is 1740. The van der Waals surface area contributed by atoms with Gasteiger partial charge >= 0.3 is 6.09 Å². The molecule has 0 saturated carbocycles. The van der Waals surface area contributed by atoms with Gasteiger partial charge in [0.25, 0.3) is 0 Å². The number of nitriles is 1. The van der Waals surface area contributed by atoms with Crippen LogP contribution in [0.4, 0.5) is 33.6 Å². The lowest BCUT2D eigenvalue weighted by Crippen LogP contribution is -2.55. The topological polar surface area (TPSA) is 136 Å². The SMILES string of the molecule is COc1cc(N2CCC(N3CCN(C(=O)OC(C)(C)C)CC3)CC2)c(CC#N)cc1Nc1ncc(Cl)c(Nc2ccccc2P(C)(C)=O)n1. The number of methoxy groups -OCH3 is 1. The summed E-state index contributed by atoms with van der Waals surface area (Å²) in [4.78, 5) is 28.1. The molecule has 0 unspecified atom stereocenters. The van der Waals surface area contributed by atoms with Crippen LogP contribution < -0.4 is 25.6 Å². The fourth-order valence-electron chi connectivity index (χ4n) is 6.28. The van der Waals surface area contributed by atoms with Gasteiger partial charge in [0.2, 0.25) is 5.95 Å². The van der Waals surface area contributed by atoms with Crippen LogP contribution >= 0.6 is 18.7 Å². The maximum Gasteiger partial charge on any atom is 0.410 e. The molecular weight excluding hydrogens is 663 g/mol. The molecule has 14 heteroatoms. The maximum atomic E-state index is 12.9. The van der Waals surface area contributed by atoms with Crippen LogP contribution in [0, 0.1) is 11.3 Å². The van der Waals surface area contributed by atoms with E-state index in [2.05, 4.69) is 36.5 Å². The Morgan fingerprint density at radius 3 is 2.39 bits per heavy atom. The average Bonchev–Trinajstić information content (AvgIpc) is 3.06. The number of piperazine rings is 1. The molecule has 2 aliphatic heterocycles. The number of nitrogens with zero attached hydrogens (tertiary/aromatic N) is 6. The molecule has 2 fully saturated rings. The van der Waals surface area contributed by atoms with E-state index in [0.717, 1.165) is 50.3 Å². The lowest BCUT2D eigenvalue weighted by molar-refractivity contribution is 0.00901. The third-order valence-electron chi connectivity index (χ3n) is 8.69. The van der Waals surface area contributed by atoms with Gasteiger partial charge in [-0.2, -0.15) is 10.2 Å². The molecule has 2 saturated heterocycles. The van der Waals surface area contributed by atoms with Gasteiger partial charge in [-0.1, -0.05) is 23.7 Å². The second kappa shape index (κ2) is 15.2. The first-order valence-corrected chi connectivity index (χ1v) is 19.5. The first kappa shape index (κ1) is 36.2. The van der Waals surface area contributed by atoms with Crippen molar-refractivity contribution in [1.29, 1.82) is 5.26 Å². The molecule has 12 nitrogen and oxygen atoms in total. The number of piperidine rings is 1. The first-order valence-electron chi connectivity index (χ1n) is 16.5. The monoisotopic (exact) mass is 708 g/mol. The highest BCUT2D eigenvalue weighted by atomic mass is 35.5. The third kappa shape index (κ3) is 9.15. The van der Waals surface area contributed by atoms with E-state index >= 15 is 0 Å². The van der Waals surface area contributed by atoms with Crippen LogP contribution in [0.15, 0.2) is 42.6 Å². The number of para-hydroxylation sites is 1. The minimum absolute atomic E-state index is 0.222. The van der Waals surface area contributed by atoms with Gasteiger partial charge in [0, 0.05) is 62.4 Å². The summed E-state index contributed by atoms with van der Waals surface area (Å²) in [6.45, 7) is 13.8. The number of hydrogen-bond acceptors (Lipinski definition) is 11. The summed E-state index contributed by atoms with van der Waals surface area (Å²) in [5.41, 5.74) is 2.62. The lowest BCUT2D eigenvalue weighted by atomic mass is 9.99. The number of amides is 1. The second-order valence-corrected chi connectivity index (χ2v) is 17.3. The highest BCUT2D eigenvalue weighted by molar-refractivity contribution is 7.70. The Kier molecular flexibility index (Phi) is 11.3. The average molecular weight is 709 g/mol. The molecular formula is C35H46ClN8O4P. The van der Waals surface area contributed by atoms with Gasteiger partial charge in [-0.05, 0) is 70.7 Å². The standard InChI is InChI=1S/C35H46ClN8O4P/c1-35(2,3)48-34(45)44-19-17-42(18-20-44)25-12-15-43(16-13-25)29-22-30(47-4)28(21-24(29)11-14-37)40-33-38-23-26(36)32(41-33)39-27-9-7-8-10-31(27)49(5,6)46/h7-10,21-23,25H,11-13,15-20H2,1-6H3,(H2,38,39,40,41). The molecule has 0 atom stereocenters. The number of carbonyl (C=O) groups is 1. The summed E-state index contributed by atoms with van der Waals surface area (Å²) in [6, 6.07) is 14.0. The zero-order valence-electron chi connectivity index (χ0n) is 29.1.